The van der Waals surface area contributed by atoms with E-state index < -0.39 is 21.5 Å². The molecule has 0 aromatic rings. The molecule has 46 valence electrons. The fourth-order valence-corrected chi connectivity index (χ4v) is 0.267. The minimum Gasteiger partial charge on any atom is -0.422 e. The Hall–Kier alpha value is -0.670. The summed E-state index contributed by atoms with van der Waals surface area (Å²) in [4.78, 5) is 9.94. The Labute approximate surface area is 46.9 Å². The van der Waals surface area contributed by atoms with E-state index in [-0.39, 0.29) is 0 Å². The number of amides is 1. The van der Waals surface area contributed by atoms with Crippen molar-refractivity contribution in [3.8, 4) is 0 Å². The van der Waals surface area contributed by atoms with Gasteiger partial charge in [0.2, 0.25) is 0 Å². The zero-order chi connectivity index (χ0) is 6.41. The van der Waals surface area contributed by atoms with Crippen LogP contribution >= 0.6 is 8.61 Å². The molecule has 6 heteroatoms. The minimum absolute atomic E-state index is 0.537. The van der Waals surface area contributed by atoms with Crippen molar-refractivity contribution in [2.24, 2.45) is 0 Å². The highest BCUT2D eigenvalue weighted by atomic mass is 31.1. The van der Waals surface area contributed by atoms with Gasteiger partial charge in [0.15, 0.2) is 6.79 Å². The molecule has 0 bridgehead atoms. The summed E-state index contributed by atoms with van der Waals surface area (Å²) in [5, 5.41) is 9.62. The second-order valence-electron chi connectivity index (χ2n) is 0.764. The molecule has 0 heterocycles. The van der Waals surface area contributed by atoms with Crippen LogP contribution in [0.2, 0.25) is 0 Å². The van der Waals surface area contributed by atoms with Gasteiger partial charge in [-0.05, 0) is 0 Å². The molecule has 0 unspecified atom stereocenters. The highest BCUT2D eigenvalue weighted by Crippen LogP contribution is 1.82. The van der Waals surface area contributed by atoms with E-state index in [1.807, 2.05) is 0 Å². The van der Waals surface area contributed by atoms with Gasteiger partial charge in [0.1, 0.15) is 0 Å². The van der Waals surface area contributed by atoms with Crippen LogP contribution in [-0.4, -0.2) is 18.0 Å². The Kier molecular flexibility index (Phi) is 4.11. The van der Waals surface area contributed by atoms with Crippen LogP contribution < -0.4 is 5.09 Å². The first-order valence-corrected chi connectivity index (χ1v) is 2.48. The van der Waals surface area contributed by atoms with Gasteiger partial charge in [-0.25, -0.2) is 14.4 Å². The van der Waals surface area contributed by atoms with Gasteiger partial charge in [-0.2, -0.15) is 0 Å². The van der Waals surface area contributed by atoms with Crippen LogP contribution in [0.15, 0.2) is 0 Å². The van der Waals surface area contributed by atoms with Crippen LogP contribution in [0.25, 0.3) is 0 Å². The van der Waals surface area contributed by atoms with E-state index in [9.17, 15) is 9.36 Å². The van der Waals surface area contributed by atoms with Gasteiger partial charge in [0.25, 0.3) is 8.61 Å². The van der Waals surface area contributed by atoms with Crippen molar-refractivity contribution in [1.82, 2.24) is 5.09 Å². The van der Waals surface area contributed by atoms with Gasteiger partial charge in [0, 0.05) is 0 Å². The Balaban J connectivity index is 3.18. The molecule has 1 amide bonds. The second kappa shape index (κ2) is 4.49. The molecule has 0 saturated heterocycles. The van der Waals surface area contributed by atoms with Crippen molar-refractivity contribution in [3.63, 3.8) is 0 Å². The smallest absolute Gasteiger partial charge is 0.419 e. The summed E-state index contributed by atoms with van der Waals surface area (Å²) in [5.74, 6) is 0. The highest BCUT2D eigenvalue weighted by molar-refractivity contribution is 7.22. The molecule has 2 N–H and O–H groups in total. The van der Waals surface area contributed by atoms with Gasteiger partial charge >= 0.3 is 6.09 Å². The lowest BCUT2D eigenvalue weighted by molar-refractivity contribution is 0.0478. The first-order chi connectivity index (χ1) is 3.81. The molecule has 0 spiro atoms. The van der Waals surface area contributed by atoms with Crippen molar-refractivity contribution < 1.29 is 19.2 Å². The summed E-state index contributed by atoms with van der Waals surface area (Å²) in [6, 6.07) is 0. The molecular weight excluding hydrogens is 133 g/mol. The molecule has 8 heavy (non-hydrogen) atoms. The van der Waals surface area contributed by atoms with Crippen LogP contribution in [0.4, 0.5) is 4.79 Å². The first kappa shape index (κ1) is 7.33. The highest BCUT2D eigenvalue weighted by Gasteiger charge is 1.95. The van der Waals surface area contributed by atoms with Crippen molar-refractivity contribution in [3.05, 3.63) is 0 Å². The molecule has 0 aliphatic rings. The third kappa shape index (κ3) is 3.52. The first-order valence-electron chi connectivity index (χ1n) is 1.67. The molecule has 0 atom stereocenters. The third-order valence-corrected chi connectivity index (χ3v) is 0.606. The fraction of sp³-hybridized carbons (Fsp3) is 0.500. The quantitative estimate of drug-likeness (QED) is 0.410. The normalized spacial score (nSPS) is 8.62. The van der Waals surface area contributed by atoms with E-state index >= 15 is 0 Å². The van der Waals surface area contributed by atoms with Crippen molar-refractivity contribution >= 4 is 14.7 Å². The number of aliphatic hydroxyl groups excluding tert-OH is 1. The van der Waals surface area contributed by atoms with E-state index in [1.165, 1.54) is 0 Å². The topological polar surface area (TPSA) is 75.6 Å². The molecule has 0 fully saturated rings. The monoisotopic (exact) mass is 137 g/mol. The molecule has 0 aromatic heterocycles. The van der Waals surface area contributed by atoms with Crippen molar-refractivity contribution in [2.45, 2.75) is 0 Å². The molecule has 0 radical (unpaired) electrons. The zero-order valence-electron chi connectivity index (χ0n) is 3.83. The number of hydrogen-bond donors (Lipinski definition) is 2. The minimum atomic E-state index is -0.913. The number of carbonyl (C=O) groups is 1. The average Bonchev–Trinajstić information content (AvgIpc) is 1.68. The van der Waals surface area contributed by atoms with Crippen LogP contribution in [-0.2, 0) is 9.30 Å². The summed E-state index contributed by atoms with van der Waals surface area (Å²) in [5.41, 5.74) is 0. The van der Waals surface area contributed by atoms with Gasteiger partial charge in [-0.3, -0.25) is 0 Å². The number of carbonyl (C=O) groups excluding carboxylic acids is 1. The summed E-state index contributed by atoms with van der Waals surface area (Å²) in [7, 11) is -0.537. The standard InChI is InChI=1S/C2H4NO4P/c4-1-7-2(5)3-8-6/h4H,1H2,(H,3,5,6). The Morgan fingerprint density at radius 2 is 2.50 bits per heavy atom. The van der Waals surface area contributed by atoms with Crippen LogP contribution in [0.3, 0.4) is 0 Å². The summed E-state index contributed by atoms with van der Waals surface area (Å²) in [6.07, 6.45) is -0.913. The van der Waals surface area contributed by atoms with Crippen LogP contribution in [0.5, 0.6) is 0 Å². The maximum Gasteiger partial charge on any atom is 0.419 e. The van der Waals surface area contributed by atoms with E-state index in [2.05, 4.69) is 4.74 Å². The molecule has 5 nitrogen and oxygen atoms in total. The lowest BCUT2D eigenvalue weighted by Gasteiger charge is -1.93. The molecule has 0 aliphatic heterocycles. The van der Waals surface area contributed by atoms with E-state index in [1.54, 1.807) is 5.09 Å². The van der Waals surface area contributed by atoms with Gasteiger partial charge in [0.05, 0.1) is 0 Å². The maximum absolute atomic E-state index is 9.94. The molecule has 0 aromatic carbocycles. The van der Waals surface area contributed by atoms with E-state index in [0.717, 1.165) is 0 Å². The summed E-state index contributed by atoms with van der Waals surface area (Å²) < 4.78 is 13.4. The maximum atomic E-state index is 9.94. The Bertz CT molecular complexity index is 94.0. The summed E-state index contributed by atoms with van der Waals surface area (Å²) >= 11 is 0. The number of ether oxygens (including phenoxy) is 1. The second-order valence-corrected chi connectivity index (χ2v) is 1.17. The number of aliphatic hydroxyl groups is 1. The van der Waals surface area contributed by atoms with Gasteiger partial charge in [-0.1, -0.05) is 0 Å². The molecule has 0 aliphatic carbocycles. The lowest BCUT2D eigenvalue weighted by Crippen LogP contribution is -2.14. The van der Waals surface area contributed by atoms with Gasteiger partial charge < -0.3 is 9.84 Å². The average molecular weight is 137 g/mol. The van der Waals surface area contributed by atoms with Gasteiger partial charge in [-0.15, -0.1) is 0 Å². The predicted molar refractivity (Wildman–Crippen MR) is 24.3 cm³/mol. The zero-order valence-corrected chi connectivity index (χ0v) is 4.72. The molecular formula is C2H4NO4P. The SMILES string of the molecule is O=PNC(=O)OCO. The fourth-order valence-electron chi connectivity index (χ4n) is 0.128. The van der Waals surface area contributed by atoms with Crippen molar-refractivity contribution in [1.29, 1.82) is 0 Å². The van der Waals surface area contributed by atoms with E-state index in [4.69, 9.17) is 5.11 Å². The lowest BCUT2D eigenvalue weighted by atomic mass is 11.2. The largest absolute Gasteiger partial charge is 0.422 e. The van der Waals surface area contributed by atoms with Crippen LogP contribution in [0.1, 0.15) is 0 Å². The Morgan fingerprint density at radius 3 is 2.88 bits per heavy atom. The Morgan fingerprint density at radius 1 is 1.88 bits per heavy atom. The van der Waals surface area contributed by atoms with E-state index in [0.29, 0.717) is 0 Å². The molecule has 0 saturated carbocycles. The predicted octanol–water partition coefficient (Wildman–Crippen LogP) is -0.131. The van der Waals surface area contributed by atoms with Crippen molar-refractivity contribution in [2.75, 3.05) is 6.79 Å². The summed E-state index contributed by atoms with van der Waals surface area (Å²) in [6.45, 7) is -0.707. The number of rotatable bonds is 2. The van der Waals surface area contributed by atoms with Crippen LogP contribution in [0, 0.1) is 0 Å². The molecule has 0 rings (SSSR count). The third-order valence-electron chi connectivity index (χ3n) is 0.333. The number of nitrogens with one attached hydrogen (secondary N) is 1. The number of hydrogen-bond acceptors (Lipinski definition) is 4.